The number of allylic oxidation sites excluding steroid dienone is 1. The third-order valence-corrected chi connectivity index (χ3v) is 8.11. The molecule has 0 amide bonds. The molecular weight excluding hydrogens is 307 g/mol. The largest absolute Gasteiger partial charge is 0.495 e. The van der Waals surface area contributed by atoms with Gasteiger partial charge in [0.1, 0.15) is 6.10 Å². The van der Waals surface area contributed by atoms with E-state index in [-0.39, 0.29) is 22.7 Å². The van der Waals surface area contributed by atoms with E-state index in [4.69, 9.17) is 4.74 Å². The summed E-state index contributed by atoms with van der Waals surface area (Å²) in [4.78, 5) is 22.7. The van der Waals surface area contributed by atoms with Crippen molar-refractivity contribution in [3.05, 3.63) is 11.6 Å². The summed E-state index contributed by atoms with van der Waals surface area (Å²) in [6, 6.07) is 0. The molecular formula is C20H27FO3. The lowest BCUT2D eigenvalue weighted by Gasteiger charge is -2.57. The first-order chi connectivity index (χ1) is 11.3. The fourth-order valence-electron chi connectivity index (χ4n) is 6.82. The Morgan fingerprint density at radius 1 is 1.12 bits per heavy atom. The van der Waals surface area contributed by atoms with E-state index in [1.54, 1.807) is 0 Å². The molecule has 0 N–H and O–H groups in total. The highest BCUT2D eigenvalue weighted by Crippen LogP contribution is 2.65. The van der Waals surface area contributed by atoms with Gasteiger partial charge in [-0.1, -0.05) is 19.4 Å². The summed E-state index contributed by atoms with van der Waals surface area (Å²) in [5.74, 6) is 2.03. The number of hydrogen-bond acceptors (Lipinski definition) is 3. The van der Waals surface area contributed by atoms with E-state index in [1.807, 2.05) is 6.08 Å². The second kappa shape index (κ2) is 5.40. The summed E-state index contributed by atoms with van der Waals surface area (Å²) in [6.07, 6.45) is 7.73. The number of fused-ring (bicyclic) bond motifs is 5. The monoisotopic (exact) mass is 334 g/mol. The smallest absolute Gasteiger partial charge is 0.436 e. The first-order valence-electron chi connectivity index (χ1n) is 9.44. The number of ketones is 1. The standard InChI is InChI=1S/C20H27FO3/c1-19-9-7-13(22)11-12(19)3-4-14-15-5-6-17(24-18(21)23)20(15,2)10-8-16(14)19/h11,14-17H,3-10H2,1-2H3/t14-,15-,16+,17-,19+,20-/m0/s1. The fraction of sp³-hybridized carbons (Fsp3) is 0.800. The van der Waals surface area contributed by atoms with Crippen molar-refractivity contribution in [3.8, 4) is 0 Å². The zero-order valence-electron chi connectivity index (χ0n) is 14.6. The van der Waals surface area contributed by atoms with Gasteiger partial charge in [0, 0.05) is 11.8 Å². The third-order valence-electron chi connectivity index (χ3n) is 8.11. The van der Waals surface area contributed by atoms with Gasteiger partial charge < -0.3 is 4.74 Å². The van der Waals surface area contributed by atoms with Gasteiger partial charge in [-0.25, -0.2) is 4.79 Å². The molecule has 3 fully saturated rings. The zero-order chi connectivity index (χ0) is 17.1. The maximum atomic E-state index is 12.8. The van der Waals surface area contributed by atoms with E-state index in [1.165, 1.54) is 5.57 Å². The average Bonchev–Trinajstić information content (AvgIpc) is 2.84. The van der Waals surface area contributed by atoms with Crippen molar-refractivity contribution in [1.29, 1.82) is 0 Å². The Hall–Kier alpha value is -1.19. The fourth-order valence-corrected chi connectivity index (χ4v) is 6.82. The second-order valence-electron chi connectivity index (χ2n) is 8.93. The third kappa shape index (κ3) is 2.21. The van der Waals surface area contributed by atoms with Crippen LogP contribution in [0.1, 0.15) is 65.2 Å². The SMILES string of the molecule is C[C@]12CC[C@@H]3[C@@H](CCC4=CC(=O)CC[C@]43C)[C@@H]1CC[C@@H]2OC(=O)F. The number of rotatable bonds is 1. The predicted octanol–water partition coefficient (Wildman–Crippen LogP) is 4.99. The number of hydrogen-bond donors (Lipinski definition) is 0. The molecule has 6 atom stereocenters. The maximum Gasteiger partial charge on any atom is 0.495 e. The first kappa shape index (κ1) is 16.3. The molecule has 4 aliphatic rings. The highest BCUT2D eigenvalue weighted by atomic mass is 19.1. The van der Waals surface area contributed by atoms with E-state index in [0.29, 0.717) is 24.2 Å². The topological polar surface area (TPSA) is 43.4 Å². The Bertz CT molecular complexity index is 612. The van der Waals surface area contributed by atoms with Crippen LogP contribution in [0, 0.1) is 28.6 Å². The van der Waals surface area contributed by atoms with Crippen molar-refractivity contribution < 1.29 is 18.7 Å². The van der Waals surface area contributed by atoms with Gasteiger partial charge in [-0.05, 0) is 74.2 Å². The molecule has 4 heteroatoms. The van der Waals surface area contributed by atoms with Crippen LogP contribution in [-0.4, -0.2) is 18.1 Å². The Morgan fingerprint density at radius 3 is 2.67 bits per heavy atom. The molecule has 0 unspecified atom stereocenters. The highest BCUT2D eigenvalue weighted by molar-refractivity contribution is 5.91. The highest BCUT2D eigenvalue weighted by Gasteiger charge is 2.60. The molecule has 0 radical (unpaired) electrons. The molecule has 0 bridgehead atoms. The number of ether oxygens (including phenoxy) is 1. The summed E-state index contributed by atoms with van der Waals surface area (Å²) in [7, 11) is 0. The molecule has 3 nitrogen and oxygen atoms in total. The van der Waals surface area contributed by atoms with Crippen molar-refractivity contribution in [1.82, 2.24) is 0 Å². The molecule has 4 rings (SSSR count). The number of carbonyl (C=O) groups excluding carboxylic acids is 2. The Labute approximate surface area is 143 Å². The molecule has 0 aromatic heterocycles. The van der Waals surface area contributed by atoms with Crippen molar-refractivity contribution in [2.75, 3.05) is 0 Å². The predicted molar refractivity (Wildman–Crippen MR) is 88.1 cm³/mol. The second-order valence-corrected chi connectivity index (χ2v) is 8.93. The molecule has 0 aliphatic heterocycles. The zero-order valence-corrected chi connectivity index (χ0v) is 14.6. The molecule has 0 aromatic rings. The molecule has 0 saturated heterocycles. The Morgan fingerprint density at radius 2 is 1.92 bits per heavy atom. The quantitative estimate of drug-likeness (QED) is 0.634. The number of carbonyl (C=O) groups is 2. The van der Waals surface area contributed by atoms with Crippen molar-refractivity contribution in [3.63, 3.8) is 0 Å². The molecule has 24 heavy (non-hydrogen) atoms. The van der Waals surface area contributed by atoms with Crippen LogP contribution in [0.3, 0.4) is 0 Å². The van der Waals surface area contributed by atoms with Crippen LogP contribution in [0.2, 0.25) is 0 Å². The minimum Gasteiger partial charge on any atom is -0.436 e. The van der Waals surface area contributed by atoms with Crippen molar-refractivity contribution in [2.24, 2.45) is 28.6 Å². The van der Waals surface area contributed by atoms with Gasteiger partial charge >= 0.3 is 6.22 Å². The summed E-state index contributed by atoms with van der Waals surface area (Å²) in [5, 5.41) is 0. The average molecular weight is 334 g/mol. The minimum absolute atomic E-state index is 0.0784. The molecule has 0 heterocycles. The van der Waals surface area contributed by atoms with Crippen LogP contribution in [-0.2, 0) is 9.53 Å². The van der Waals surface area contributed by atoms with Crippen LogP contribution < -0.4 is 0 Å². The van der Waals surface area contributed by atoms with Crippen LogP contribution in [0.4, 0.5) is 9.18 Å². The maximum absolute atomic E-state index is 12.8. The Balaban J connectivity index is 1.62. The van der Waals surface area contributed by atoms with Gasteiger partial charge in [0.05, 0.1) is 0 Å². The lowest BCUT2D eigenvalue weighted by atomic mass is 9.47. The van der Waals surface area contributed by atoms with E-state index >= 15 is 0 Å². The molecule has 132 valence electrons. The van der Waals surface area contributed by atoms with Gasteiger partial charge in [-0.3, -0.25) is 4.79 Å². The Kier molecular flexibility index (Phi) is 3.67. The van der Waals surface area contributed by atoms with Crippen LogP contribution >= 0.6 is 0 Å². The summed E-state index contributed by atoms with van der Waals surface area (Å²) in [6.45, 7) is 4.56. The van der Waals surface area contributed by atoms with Gasteiger partial charge in [0.2, 0.25) is 0 Å². The first-order valence-corrected chi connectivity index (χ1v) is 9.44. The van der Waals surface area contributed by atoms with Crippen LogP contribution in [0.15, 0.2) is 11.6 Å². The van der Waals surface area contributed by atoms with Gasteiger partial charge in [0.15, 0.2) is 5.78 Å². The van der Waals surface area contributed by atoms with E-state index in [9.17, 15) is 14.0 Å². The van der Waals surface area contributed by atoms with Gasteiger partial charge in [-0.15, -0.1) is 4.39 Å². The summed E-state index contributed by atoms with van der Waals surface area (Å²) in [5.41, 5.74) is 1.45. The van der Waals surface area contributed by atoms with Crippen molar-refractivity contribution >= 4 is 12.0 Å². The van der Waals surface area contributed by atoms with E-state index < -0.39 is 6.22 Å². The lowest BCUT2D eigenvalue weighted by Crippen LogP contribution is -2.51. The molecule has 0 aromatic carbocycles. The van der Waals surface area contributed by atoms with Crippen LogP contribution in [0.5, 0.6) is 0 Å². The van der Waals surface area contributed by atoms with Gasteiger partial charge in [0.25, 0.3) is 0 Å². The minimum atomic E-state index is -1.63. The molecule has 4 aliphatic carbocycles. The molecule has 0 spiro atoms. The van der Waals surface area contributed by atoms with E-state index in [2.05, 4.69) is 13.8 Å². The lowest BCUT2D eigenvalue weighted by molar-refractivity contribution is -0.118. The number of halogens is 1. The van der Waals surface area contributed by atoms with E-state index in [0.717, 1.165) is 44.9 Å². The van der Waals surface area contributed by atoms with Gasteiger partial charge in [-0.2, -0.15) is 0 Å². The normalized spacial score (nSPS) is 47.3. The molecule has 3 saturated carbocycles. The summed E-state index contributed by atoms with van der Waals surface area (Å²) < 4.78 is 17.9. The van der Waals surface area contributed by atoms with Crippen LogP contribution in [0.25, 0.3) is 0 Å². The summed E-state index contributed by atoms with van der Waals surface area (Å²) >= 11 is 0. The van der Waals surface area contributed by atoms with Crippen molar-refractivity contribution in [2.45, 2.75) is 71.3 Å².